The van der Waals surface area contributed by atoms with Crippen LogP contribution >= 0.6 is 11.3 Å². The van der Waals surface area contributed by atoms with E-state index in [1.165, 1.54) is 11.3 Å². The normalized spacial score (nSPS) is 11.9. The summed E-state index contributed by atoms with van der Waals surface area (Å²) in [5.74, 6) is 1.13. The molecule has 0 N–H and O–H groups in total. The van der Waals surface area contributed by atoms with E-state index in [2.05, 4.69) is 11.6 Å². The number of furan rings is 1. The van der Waals surface area contributed by atoms with Gasteiger partial charge in [-0.1, -0.05) is 29.5 Å². The van der Waals surface area contributed by atoms with Crippen LogP contribution in [0.5, 0.6) is 11.5 Å². The van der Waals surface area contributed by atoms with Gasteiger partial charge in [-0.05, 0) is 44.2 Å². The molecule has 0 saturated carbocycles. The molecule has 0 radical (unpaired) electrons. The number of hydrogen-bond acceptors (Lipinski definition) is 5. The molecule has 0 aliphatic heterocycles. The number of carbonyl (C=O) groups excluding carboxylic acids is 1. The number of aromatic nitrogens is 1. The first-order chi connectivity index (χ1) is 14.6. The molecule has 30 heavy (non-hydrogen) atoms. The molecule has 0 fully saturated rings. The lowest BCUT2D eigenvalue weighted by atomic mass is 10.2. The lowest BCUT2D eigenvalue weighted by molar-refractivity contribution is 0.0973. The van der Waals surface area contributed by atoms with Crippen molar-refractivity contribution in [1.82, 2.24) is 4.57 Å². The third-order valence-electron chi connectivity index (χ3n) is 4.49. The second-order valence-electron chi connectivity index (χ2n) is 6.48. The van der Waals surface area contributed by atoms with E-state index >= 15 is 0 Å². The molecular formula is C23H22N2O4S. The fourth-order valence-electron chi connectivity index (χ4n) is 3.25. The Balaban J connectivity index is 1.79. The first kappa shape index (κ1) is 20.0. The van der Waals surface area contributed by atoms with Gasteiger partial charge in [-0.15, -0.1) is 6.58 Å². The number of para-hydroxylation sites is 1. The fourth-order valence-corrected chi connectivity index (χ4v) is 4.32. The van der Waals surface area contributed by atoms with Crippen LogP contribution in [-0.4, -0.2) is 23.7 Å². The molecule has 0 bridgehead atoms. The lowest BCUT2D eigenvalue weighted by Gasteiger charge is -2.04. The van der Waals surface area contributed by atoms with Crippen molar-refractivity contribution in [2.24, 2.45) is 4.99 Å². The molecule has 0 aliphatic rings. The van der Waals surface area contributed by atoms with Crippen molar-refractivity contribution >= 4 is 38.4 Å². The average Bonchev–Trinajstić information content (AvgIpc) is 3.31. The molecule has 6 nitrogen and oxygen atoms in total. The van der Waals surface area contributed by atoms with Gasteiger partial charge in [-0.2, -0.15) is 4.99 Å². The summed E-state index contributed by atoms with van der Waals surface area (Å²) in [6, 6.07) is 13.1. The largest absolute Gasteiger partial charge is 0.494 e. The number of ether oxygens (including phenoxy) is 2. The van der Waals surface area contributed by atoms with Gasteiger partial charge in [0, 0.05) is 11.9 Å². The monoisotopic (exact) mass is 422 g/mol. The Bertz CT molecular complexity index is 1300. The Hall–Kier alpha value is -3.32. The molecule has 0 atom stereocenters. The van der Waals surface area contributed by atoms with E-state index in [4.69, 9.17) is 13.9 Å². The van der Waals surface area contributed by atoms with Crippen molar-refractivity contribution in [2.45, 2.75) is 20.4 Å². The average molecular weight is 423 g/mol. The number of rotatable bonds is 7. The van der Waals surface area contributed by atoms with Gasteiger partial charge in [-0.25, -0.2) is 0 Å². The number of amides is 1. The Morgan fingerprint density at radius 1 is 1.20 bits per heavy atom. The van der Waals surface area contributed by atoms with Crippen LogP contribution in [0.25, 0.3) is 21.2 Å². The zero-order valence-electron chi connectivity index (χ0n) is 16.9. The summed E-state index contributed by atoms with van der Waals surface area (Å²) >= 11 is 1.43. The number of carbonyl (C=O) groups is 1. The van der Waals surface area contributed by atoms with Gasteiger partial charge < -0.3 is 18.5 Å². The summed E-state index contributed by atoms with van der Waals surface area (Å²) in [7, 11) is 0. The summed E-state index contributed by atoms with van der Waals surface area (Å²) in [5.41, 5.74) is 1.52. The second-order valence-corrected chi connectivity index (χ2v) is 7.49. The zero-order chi connectivity index (χ0) is 21.1. The van der Waals surface area contributed by atoms with Crippen molar-refractivity contribution < 1.29 is 18.7 Å². The zero-order valence-corrected chi connectivity index (χ0v) is 17.7. The number of thiazole rings is 1. The van der Waals surface area contributed by atoms with Gasteiger partial charge in [0.05, 0.1) is 23.4 Å². The Morgan fingerprint density at radius 2 is 2.03 bits per heavy atom. The van der Waals surface area contributed by atoms with Crippen LogP contribution in [-0.2, 0) is 6.54 Å². The summed E-state index contributed by atoms with van der Waals surface area (Å²) in [6.07, 6.45) is 1.78. The number of hydrogen-bond donors (Lipinski definition) is 0. The van der Waals surface area contributed by atoms with Crippen molar-refractivity contribution in [3.05, 3.63) is 65.7 Å². The van der Waals surface area contributed by atoms with Crippen molar-refractivity contribution in [2.75, 3.05) is 13.2 Å². The molecule has 2 aromatic carbocycles. The molecule has 2 heterocycles. The molecule has 2 aromatic heterocycles. The van der Waals surface area contributed by atoms with Crippen LogP contribution in [0, 0.1) is 0 Å². The number of allylic oxidation sites excluding steroid dienone is 1. The fraction of sp³-hybridized carbons (Fsp3) is 0.217. The lowest BCUT2D eigenvalue weighted by Crippen LogP contribution is -2.16. The van der Waals surface area contributed by atoms with Gasteiger partial charge in [0.2, 0.25) is 0 Å². The van der Waals surface area contributed by atoms with Crippen LogP contribution in [0.4, 0.5) is 0 Å². The number of fused-ring (bicyclic) bond motifs is 2. The van der Waals surface area contributed by atoms with Gasteiger partial charge in [0.1, 0.15) is 5.75 Å². The van der Waals surface area contributed by atoms with E-state index in [-0.39, 0.29) is 5.76 Å². The molecule has 0 unspecified atom stereocenters. The summed E-state index contributed by atoms with van der Waals surface area (Å²) in [4.78, 5) is 17.8. The van der Waals surface area contributed by atoms with Crippen molar-refractivity contribution in [3.63, 3.8) is 0 Å². The molecule has 4 aromatic rings. The third kappa shape index (κ3) is 3.76. The molecule has 154 valence electrons. The van der Waals surface area contributed by atoms with Crippen LogP contribution in [0.2, 0.25) is 0 Å². The van der Waals surface area contributed by atoms with E-state index < -0.39 is 5.91 Å². The van der Waals surface area contributed by atoms with E-state index in [0.29, 0.717) is 35.9 Å². The minimum absolute atomic E-state index is 0.176. The summed E-state index contributed by atoms with van der Waals surface area (Å²) in [6.45, 7) is 9.31. The van der Waals surface area contributed by atoms with Crippen molar-refractivity contribution in [3.8, 4) is 11.5 Å². The molecule has 0 aliphatic carbocycles. The predicted octanol–water partition coefficient (Wildman–Crippen LogP) is 5.17. The van der Waals surface area contributed by atoms with E-state index in [9.17, 15) is 4.79 Å². The smallest absolute Gasteiger partial charge is 0.315 e. The minimum Gasteiger partial charge on any atom is -0.494 e. The standard InChI is InChI=1S/C23H22N2O4S/c1-4-12-25-17-11-10-16(27-5-2)14-20(17)30-23(25)24-22(26)19-13-15-8-7-9-18(28-6-3)21(15)29-19/h4,7-11,13-14H,1,5-6,12H2,2-3H3. The minimum atomic E-state index is -0.442. The Labute approximate surface area is 177 Å². The SMILES string of the molecule is C=CCn1c(=NC(=O)c2cc3cccc(OCC)c3o2)sc2cc(OCC)ccc21. The van der Waals surface area contributed by atoms with Crippen LogP contribution in [0.3, 0.4) is 0 Å². The van der Waals surface area contributed by atoms with Gasteiger partial charge in [0.25, 0.3) is 0 Å². The molecule has 4 rings (SSSR count). The predicted molar refractivity (Wildman–Crippen MR) is 118 cm³/mol. The number of benzene rings is 2. The van der Waals surface area contributed by atoms with E-state index in [0.717, 1.165) is 21.4 Å². The first-order valence-corrected chi connectivity index (χ1v) is 10.6. The van der Waals surface area contributed by atoms with E-state index in [1.807, 2.05) is 54.8 Å². The van der Waals surface area contributed by atoms with Gasteiger partial charge in [-0.3, -0.25) is 4.79 Å². The Morgan fingerprint density at radius 3 is 2.80 bits per heavy atom. The second kappa shape index (κ2) is 8.59. The van der Waals surface area contributed by atoms with Gasteiger partial charge in [0.15, 0.2) is 21.9 Å². The maximum atomic E-state index is 12.9. The van der Waals surface area contributed by atoms with Crippen molar-refractivity contribution in [1.29, 1.82) is 0 Å². The maximum absolute atomic E-state index is 12.9. The van der Waals surface area contributed by atoms with Crippen LogP contribution in [0.1, 0.15) is 24.4 Å². The van der Waals surface area contributed by atoms with Gasteiger partial charge >= 0.3 is 5.91 Å². The number of nitrogens with zero attached hydrogens (tertiary/aromatic N) is 2. The first-order valence-electron chi connectivity index (χ1n) is 9.76. The van der Waals surface area contributed by atoms with Crippen LogP contribution < -0.4 is 14.3 Å². The molecule has 7 heteroatoms. The highest BCUT2D eigenvalue weighted by molar-refractivity contribution is 7.16. The van der Waals surface area contributed by atoms with Crippen LogP contribution in [0.15, 0.2) is 64.5 Å². The summed E-state index contributed by atoms with van der Waals surface area (Å²) < 4.78 is 19.9. The molecule has 1 amide bonds. The molecule has 0 saturated heterocycles. The molecule has 0 spiro atoms. The maximum Gasteiger partial charge on any atom is 0.315 e. The quantitative estimate of drug-likeness (QED) is 0.385. The highest BCUT2D eigenvalue weighted by atomic mass is 32.1. The Kier molecular flexibility index (Phi) is 5.72. The molecular weight excluding hydrogens is 400 g/mol. The summed E-state index contributed by atoms with van der Waals surface area (Å²) in [5, 5.41) is 0.802. The highest BCUT2D eigenvalue weighted by Gasteiger charge is 2.16. The highest BCUT2D eigenvalue weighted by Crippen LogP contribution is 2.29. The van der Waals surface area contributed by atoms with E-state index in [1.54, 1.807) is 12.1 Å². The topological polar surface area (TPSA) is 66.0 Å². The third-order valence-corrected chi connectivity index (χ3v) is 5.53.